The average Bonchev–Trinajstić information content (AvgIpc) is 3.07. The Morgan fingerprint density at radius 1 is 1.09 bits per heavy atom. The molecule has 1 unspecified atom stereocenters. The fourth-order valence-electron chi connectivity index (χ4n) is 4.37. The molecule has 2 fully saturated rings. The standard InChI is InChI=1S/C22H26F3N7O/c23-22(24,25)17-13-28-21(29-14-2-1-6-26-7-5-14)31-19(17)16-12-27-20-15(16)3-4-18(30-20)32-8-10-33-11-9-32/h3-4,12-14,26H,1-2,5-11H2,(H,27,30)(H,28,29,31). The zero-order chi connectivity index (χ0) is 22.8. The van der Waals surface area contributed by atoms with Gasteiger partial charge >= 0.3 is 6.18 Å². The van der Waals surface area contributed by atoms with Gasteiger partial charge in [0.05, 0.1) is 18.9 Å². The SMILES string of the molecule is FC(F)(F)c1cnc(NC2CCCNCC2)nc1-c1c[nH]c2nc(N3CCOCC3)ccc12. The normalized spacial score (nSPS) is 20.1. The first-order chi connectivity index (χ1) is 16.0. The van der Waals surface area contributed by atoms with E-state index in [0.717, 1.165) is 57.5 Å². The summed E-state index contributed by atoms with van der Waals surface area (Å²) >= 11 is 0. The number of alkyl halides is 3. The monoisotopic (exact) mass is 461 g/mol. The van der Waals surface area contributed by atoms with Crippen molar-refractivity contribution in [2.24, 2.45) is 0 Å². The molecule has 2 aliphatic rings. The lowest BCUT2D eigenvalue weighted by Crippen LogP contribution is -2.36. The lowest BCUT2D eigenvalue weighted by molar-refractivity contribution is -0.137. The molecule has 3 aromatic rings. The summed E-state index contributed by atoms with van der Waals surface area (Å²) in [6.45, 7) is 4.48. The van der Waals surface area contributed by atoms with Crippen LogP contribution in [0.25, 0.3) is 22.3 Å². The van der Waals surface area contributed by atoms with Gasteiger partial charge in [0.25, 0.3) is 0 Å². The van der Waals surface area contributed by atoms with Gasteiger partial charge in [-0.1, -0.05) is 0 Å². The van der Waals surface area contributed by atoms with E-state index in [9.17, 15) is 13.2 Å². The highest BCUT2D eigenvalue weighted by molar-refractivity contribution is 5.94. The molecule has 11 heteroatoms. The third kappa shape index (κ3) is 4.74. The number of H-pyrrole nitrogens is 1. The predicted molar refractivity (Wildman–Crippen MR) is 119 cm³/mol. The van der Waals surface area contributed by atoms with Crippen molar-refractivity contribution in [1.29, 1.82) is 0 Å². The van der Waals surface area contributed by atoms with Gasteiger partial charge in [0.15, 0.2) is 0 Å². The molecule has 3 N–H and O–H groups in total. The summed E-state index contributed by atoms with van der Waals surface area (Å²) in [4.78, 5) is 18.1. The second-order valence-electron chi connectivity index (χ2n) is 8.34. The summed E-state index contributed by atoms with van der Waals surface area (Å²) in [7, 11) is 0. The Labute approximate surface area is 189 Å². The van der Waals surface area contributed by atoms with E-state index >= 15 is 0 Å². The molecule has 5 heterocycles. The quantitative estimate of drug-likeness (QED) is 0.548. The molecule has 0 amide bonds. The molecule has 0 radical (unpaired) electrons. The van der Waals surface area contributed by atoms with Gasteiger partial charge in [0, 0.05) is 42.5 Å². The summed E-state index contributed by atoms with van der Waals surface area (Å²) in [6, 6.07) is 3.74. The minimum absolute atomic E-state index is 0.116. The van der Waals surface area contributed by atoms with Crippen LogP contribution in [0.5, 0.6) is 0 Å². The number of rotatable bonds is 4. The van der Waals surface area contributed by atoms with Crippen LogP contribution < -0.4 is 15.5 Å². The number of hydrogen-bond donors (Lipinski definition) is 3. The van der Waals surface area contributed by atoms with E-state index in [1.54, 1.807) is 6.07 Å². The van der Waals surface area contributed by atoms with Crippen molar-refractivity contribution in [3.63, 3.8) is 0 Å². The maximum absolute atomic E-state index is 13.8. The number of nitrogens with zero attached hydrogens (tertiary/aromatic N) is 4. The van der Waals surface area contributed by atoms with Crippen LogP contribution in [-0.2, 0) is 10.9 Å². The summed E-state index contributed by atoms with van der Waals surface area (Å²) in [6.07, 6.45) is 0.594. The van der Waals surface area contributed by atoms with E-state index in [2.05, 4.69) is 35.5 Å². The maximum Gasteiger partial charge on any atom is 0.419 e. The molecule has 1 atom stereocenters. The molecule has 5 rings (SSSR count). The second-order valence-corrected chi connectivity index (χ2v) is 8.34. The van der Waals surface area contributed by atoms with Crippen molar-refractivity contribution in [1.82, 2.24) is 25.3 Å². The Hall–Kier alpha value is -2.92. The van der Waals surface area contributed by atoms with E-state index < -0.39 is 11.7 Å². The highest BCUT2D eigenvalue weighted by Crippen LogP contribution is 2.38. The molecule has 3 aromatic heterocycles. The summed E-state index contributed by atoms with van der Waals surface area (Å²) < 4.78 is 46.9. The molecule has 0 saturated carbocycles. The Kier molecular flexibility index (Phi) is 6.07. The largest absolute Gasteiger partial charge is 0.419 e. The van der Waals surface area contributed by atoms with Crippen LogP contribution in [-0.4, -0.2) is 65.4 Å². The van der Waals surface area contributed by atoms with Gasteiger partial charge in [-0.25, -0.2) is 15.0 Å². The number of morpholine rings is 1. The van der Waals surface area contributed by atoms with Crippen LogP contribution in [0.3, 0.4) is 0 Å². The predicted octanol–water partition coefficient (Wildman–Crippen LogP) is 3.43. The molecule has 176 valence electrons. The van der Waals surface area contributed by atoms with E-state index in [-0.39, 0.29) is 17.7 Å². The van der Waals surface area contributed by atoms with E-state index in [1.165, 1.54) is 6.20 Å². The molecule has 0 aliphatic carbocycles. The zero-order valence-electron chi connectivity index (χ0n) is 18.1. The number of anilines is 2. The first-order valence-corrected chi connectivity index (χ1v) is 11.2. The number of aromatic nitrogens is 4. The lowest BCUT2D eigenvalue weighted by atomic mass is 10.1. The Balaban J connectivity index is 1.50. The molecule has 8 nitrogen and oxygen atoms in total. The molecule has 2 aliphatic heterocycles. The van der Waals surface area contributed by atoms with Crippen molar-refractivity contribution in [3.8, 4) is 11.3 Å². The fraction of sp³-hybridized carbons (Fsp3) is 0.500. The number of fused-ring (bicyclic) bond motifs is 1. The average molecular weight is 461 g/mol. The van der Waals surface area contributed by atoms with Gasteiger partial charge in [-0.2, -0.15) is 13.2 Å². The topological polar surface area (TPSA) is 91.0 Å². The molecular formula is C22H26F3N7O. The van der Waals surface area contributed by atoms with Crippen LogP contribution in [0.2, 0.25) is 0 Å². The molecular weight excluding hydrogens is 435 g/mol. The van der Waals surface area contributed by atoms with Gasteiger partial charge in [0.2, 0.25) is 5.95 Å². The molecule has 0 aromatic carbocycles. The van der Waals surface area contributed by atoms with E-state index in [1.807, 2.05) is 6.07 Å². The van der Waals surface area contributed by atoms with Crippen molar-refractivity contribution in [2.75, 3.05) is 49.6 Å². The van der Waals surface area contributed by atoms with E-state index in [0.29, 0.717) is 29.8 Å². The van der Waals surface area contributed by atoms with Gasteiger partial charge in [-0.3, -0.25) is 0 Å². The highest BCUT2D eigenvalue weighted by Gasteiger charge is 2.36. The third-order valence-electron chi connectivity index (χ3n) is 6.12. The van der Waals surface area contributed by atoms with Gasteiger partial charge in [-0.05, 0) is 44.5 Å². The summed E-state index contributed by atoms with van der Waals surface area (Å²) in [5, 5.41) is 7.14. The van der Waals surface area contributed by atoms with Crippen LogP contribution in [0, 0.1) is 0 Å². The van der Waals surface area contributed by atoms with Gasteiger partial charge in [-0.15, -0.1) is 0 Å². The van der Waals surface area contributed by atoms with Crippen molar-refractivity contribution >= 4 is 22.8 Å². The lowest BCUT2D eigenvalue weighted by Gasteiger charge is -2.27. The van der Waals surface area contributed by atoms with Crippen molar-refractivity contribution in [3.05, 3.63) is 30.1 Å². The Bertz CT molecular complexity index is 1100. The number of pyridine rings is 1. The first kappa shape index (κ1) is 21.9. The zero-order valence-corrected chi connectivity index (χ0v) is 18.1. The maximum atomic E-state index is 13.8. The van der Waals surface area contributed by atoms with Crippen LogP contribution in [0.4, 0.5) is 24.9 Å². The third-order valence-corrected chi connectivity index (χ3v) is 6.12. The number of aromatic amines is 1. The fourth-order valence-corrected chi connectivity index (χ4v) is 4.37. The number of halogens is 3. The van der Waals surface area contributed by atoms with Crippen molar-refractivity contribution < 1.29 is 17.9 Å². The summed E-state index contributed by atoms with van der Waals surface area (Å²) in [5.41, 5.74) is -0.149. The van der Waals surface area contributed by atoms with Crippen LogP contribution >= 0.6 is 0 Å². The molecule has 0 spiro atoms. The highest BCUT2D eigenvalue weighted by atomic mass is 19.4. The minimum Gasteiger partial charge on any atom is -0.378 e. The number of nitrogens with one attached hydrogen (secondary N) is 3. The Morgan fingerprint density at radius 3 is 2.76 bits per heavy atom. The summed E-state index contributed by atoms with van der Waals surface area (Å²) in [5.74, 6) is 0.972. The van der Waals surface area contributed by atoms with Gasteiger partial charge in [0.1, 0.15) is 17.0 Å². The van der Waals surface area contributed by atoms with Crippen molar-refractivity contribution in [2.45, 2.75) is 31.5 Å². The number of hydrogen-bond acceptors (Lipinski definition) is 7. The smallest absolute Gasteiger partial charge is 0.378 e. The molecule has 2 saturated heterocycles. The van der Waals surface area contributed by atoms with Crippen LogP contribution in [0.1, 0.15) is 24.8 Å². The molecule has 0 bridgehead atoms. The number of ether oxygens (including phenoxy) is 1. The first-order valence-electron chi connectivity index (χ1n) is 11.2. The second kappa shape index (κ2) is 9.14. The molecule has 33 heavy (non-hydrogen) atoms. The van der Waals surface area contributed by atoms with Gasteiger partial charge < -0.3 is 25.3 Å². The van der Waals surface area contributed by atoms with Crippen LogP contribution in [0.15, 0.2) is 24.5 Å². The minimum atomic E-state index is -4.58. The van der Waals surface area contributed by atoms with E-state index in [4.69, 9.17) is 4.74 Å². The Morgan fingerprint density at radius 2 is 1.94 bits per heavy atom.